The normalized spacial score (nSPS) is 12.9. The van der Waals surface area contributed by atoms with E-state index in [2.05, 4.69) is 24.1 Å². The Labute approximate surface area is 85.7 Å². The van der Waals surface area contributed by atoms with Crippen LogP contribution in [0.1, 0.15) is 19.5 Å². The van der Waals surface area contributed by atoms with Crippen LogP contribution in [0.5, 0.6) is 0 Å². The molecule has 0 aliphatic carbocycles. The third kappa shape index (κ3) is 3.34. The van der Waals surface area contributed by atoms with Gasteiger partial charge in [-0.25, -0.2) is 4.98 Å². The summed E-state index contributed by atoms with van der Waals surface area (Å²) >= 11 is 0. The van der Waals surface area contributed by atoms with Crippen molar-refractivity contribution in [3.05, 3.63) is 23.9 Å². The molecule has 1 atom stereocenters. The Morgan fingerprint density at radius 3 is 2.71 bits per heavy atom. The molecule has 3 nitrogen and oxygen atoms in total. The monoisotopic (exact) mass is 193 g/mol. The van der Waals surface area contributed by atoms with E-state index in [9.17, 15) is 0 Å². The van der Waals surface area contributed by atoms with Gasteiger partial charge in [-0.15, -0.1) is 0 Å². The lowest BCUT2D eigenvalue weighted by Gasteiger charge is -2.16. The number of nitrogens with zero attached hydrogens (tertiary/aromatic N) is 1. The molecule has 0 aliphatic heterocycles. The van der Waals surface area contributed by atoms with Gasteiger partial charge in [-0.3, -0.25) is 0 Å². The second-order valence-corrected chi connectivity index (χ2v) is 3.95. The van der Waals surface area contributed by atoms with Crippen LogP contribution < -0.4 is 11.1 Å². The number of nitrogens with one attached hydrogen (secondary N) is 1. The standard InChI is InChI=1S/C11H19N3/c1-8(2)10(12)7-13-11-6-4-5-9(3)14-11/h4-6,8,10H,7,12H2,1-3H3,(H,13,14). The maximum Gasteiger partial charge on any atom is 0.126 e. The minimum Gasteiger partial charge on any atom is -0.369 e. The largest absolute Gasteiger partial charge is 0.369 e. The first kappa shape index (κ1) is 11.0. The molecule has 0 saturated heterocycles. The van der Waals surface area contributed by atoms with Crippen molar-refractivity contribution in [3.8, 4) is 0 Å². The molecule has 1 aromatic heterocycles. The highest BCUT2D eigenvalue weighted by Crippen LogP contribution is 2.05. The summed E-state index contributed by atoms with van der Waals surface area (Å²) in [6.45, 7) is 6.99. The first-order valence-corrected chi connectivity index (χ1v) is 5.02. The predicted octanol–water partition coefficient (Wildman–Crippen LogP) is 1.79. The van der Waals surface area contributed by atoms with Crippen molar-refractivity contribution in [1.82, 2.24) is 4.98 Å². The second kappa shape index (κ2) is 4.96. The first-order chi connectivity index (χ1) is 6.59. The second-order valence-electron chi connectivity index (χ2n) is 3.95. The third-order valence-electron chi connectivity index (χ3n) is 2.26. The lowest BCUT2D eigenvalue weighted by molar-refractivity contribution is 0.511. The number of aryl methyl sites for hydroxylation is 1. The van der Waals surface area contributed by atoms with Crippen molar-refractivity contribution in [2.75, 3.05) is 11.9 Å². The molecule has 0 saturated carbocycles. The molecule has 0 amide bonds. The third-order valence-corrected chi connectivity index (χ3v) is 2.26. The minimum atomic E-state index is 0.178. The summed E-state index contributed by atoms with van der Waals surface area (Å²) in [6, 6.07) is 6.11. The van der Waals surface area contributed by atoms with E-state index in [1.54, 1.807) is 0 Å². The molecule has 0 fully saturated rings. The lowest BCUT2D eigenvalue weighted by atomic mass is 10.1. The quantitative estimate of drug-likeness (QED) is 0.766. The molecule has 1 aromatic rings. The summed E-state index contributed by atoms with van der Waals surface area (Å²) in [6.07, 6.45) is 0. The zero-order chi connectivity index (χ0) is 10.6. The fourth-order valence-corrected chi connectivity index (χ4v) is 1.10. The molecule has 1 rings (SSSR count). The summed E-state index contributed by atoms with van der Waals surface area (Å²) in [7, 11) is 0. The van der Waals surface area contributed by atoms with Crippen molar-refractivity contribution >= 4 is 5.82 Å². The number of pyridine rings is 1. The Balaban J connectivity index is 2.45. The summed E-state index contributed by atoms with van der Waals surface area (Å²) < 4.78 is 0. The molecule has 78 valence electrons. The molecule has 0 aliphatic rings. The van der Waals surface area contributed by atoms with E-state index in [1.807, 2.05) is 25.1 Å². The molecule has 0 radical (unpaired) electrons. The smallest absolute Gasteiger partial charge is 0.126 e. The molecular weight excluding hydrogens is 174 g/mol. The number of nitrogens with two attached hydrogens (primary N) is 1. The maximum absolute atomic E-state index is 5.91. The lowest BCUT2D eigenvalue weighted by Crippen LogP contribution is -2.34. The summed E-state index contributed by atoms with van der Waals surface area (Å²) in [5, 5.41) is 3.23. The number of hydrogen-bond acceptors (Lipinski definition) is 3. The number of rotatable bonds is 4. The van der Waals surface area contributed by atoms with E-state index in [-0.39, 0.29) is 6.04 Å². The van der Waals surface area contributed by atoms with Crippen molar-refractivity contribution in [2.45, 2.75) is 26.8 Å². The molecule has 14 heavy (non-hydrogen) atoms. The van der Waals surface area contributed by atoms with Crippen LogP contribution in [0.25, 0.3) is 0 Å². The van der Waals surface area contributed by atoms with Crippen molar-refractivity contribution in [2.24, 2.45) is 11.7 Å². The van der Waals surface area contributed by atoms with E-state index in [4.69, 9.17) is 5.73 Å². The van der Waals surface area contributed by atoms with Gasteiger partial charge >= 0.3 is 0 Å². The van der Waals surface area contributed by atoms with E-state index >= 15 is 0 Å². The van der Waals surface area contributed by atoms with Crippen LogP contribution in [-0.2, 0) is 0 Å². The minimum absolute atomic E-state index is 0.178. The Hall–Kier alpha value is -1.09. The predicted molar refractivity (Wildman–Crippen MR) is 60.3 cm³/mol. The highest BCUT2D eigenvalue weighted by molar-refractivity contribution is 5.35. The van der Waals surface area contributed by atoms with E-state index < -0.39 is 0 Å². The van der Waals surface area contributed by atoms with Gasteiger partial charge in [0, 0.05) is 18.3 Å². The van der Waals surface area contributed by atoms with Crippen LogP contribution in [-0.4, -0.2) is 17.6 Å². The molecule has 0 bridgehead atoms. The Morgan fingerprint density at radius 1 is 1.43 bits per heavy atom. The van der Waals surface area contributed by atoms with Gasteiger partial charge in [0.25, 0.3) is 0 Å². The highest BCUT2D eigenvalue weighted by Gasteiger charge is 2.06. The molecule has 0 spiro atoms. The zero-order valence-electron chi connectivity index (χ0n) is 9.12. The molecule has 1 heterocycles. The summed E-state index contributed by atoms with van der Waals surface area (Å²) in [5.74, 6) is 1.40. The van der Waals surface area contributed by atoms with Crippen LogP contribution in [0.2, 0.25) is 0 Å². The number of aromatic nitrogens is 1. The van der Waals surface area contributed by atoms with Crippen LogP contribution in [0, 0.1) is 12.8 Å². The van der Waals surface area contributed by atoms with Gasteiger partial charge in [-0.05, 0) is 25.0 Å². The van der Waals surface area contributed by atoms with Gasteiger partial charge < -0.3 is 11.1 Å². The molecule has 0 aromatic carbocycles. The van der Waals surface area contributed by atoms with Crippen LogP contribution >= 0.6 is 0 Å². The van der Waals surface area contributed by atoms with Crippen molar-refractivity contribution in [1.29, 1.82) is 0 Å². The van der Waals surface area contributed by atoms with Gasteiger partial charge in [0.15, 0.2) is 0 Å². The topological polar surface area (TPSA) is 50.9 Å². The first-order valence-electron chi connectivity index (χ1n) is 5.02. The van der Waals surface area contributed by atoms with Crippen LogP contribution in [0.15, 0.2) is 18.2 Å². The maximum atomic E-state index is 5.91. The summed E-state index contributed by atoms with van der Waals surface area (Å²) in [5.41, 5.74) is 6.93. The van der Waals surface area contributed by atoms with Crippen molar-refractivity contribution < 1.29 is 0 Å². The SMILES string of the molecule is Cc1cccc(NCC(N)C(C)C)n1. The molecule has 1 unspecified atom stereocenters. The van der Waals surface area contributed by atoms with Gasteiger partial charge in [-0.1, -0.05) is 19.9 Å². The van der Waals surface area contributed by atoms with E-state index in [0.717, 1.165) is 18.1 Å². The van der Waals surface area contributed by atoms with Gasteiger partial charge in [0.2, 0.25) is 0 Å². The average molecular weight is 193 g/mol. The van der Waals surface area contributed by atoms with Crippen LogP contribution in [0.3, 0.4) is 0 Å². The zero-order valence-corrected chi connectivity index (χ0v) is 9.12. The fraction of sp³-hybridized carbons (Fsp3) is 0.545. The number of hydrogen-bond donors (Lipinski definition) is 2. The summed E-state index contributed by atoms with van der Waals surface area (Å²) in [4.78, 5) is 4.34. The Bertz CT molecular complexity index is 284. The van der Waals surface area contributed by atoms with E-state index in [0.29, 0.717) is 5.92 Å². The van der Waals surface area contributed by atoms with Gasteiger partial charge in [-0.2, -0.15) is 0 Å². The highest BCUT2D eigenvalue weighted by atomic mass is 15.0. The molecule has 3 heteroatoms. The fourth-order valence-electron chi connectivity index (χ4n) is 1.10. The van der Waals surface area contributed by atoms with Gasteiger partial charge in [0.1, 0.15) is 5.82 Å². The Morgan fingerprint density at radius 2 is 2.14 bits per heavy atom. The average Bonchev–Trinajstić information content (AvgIpc) is 2.14. The Kier molecular flexibility index (Phi) is 3.89. The molecule has 3 N–H and O–H groups in total. The van der Waals surface area contributed by atoms with Crippen LogP contribution in [0.4, 0.5) is 5.82 Å². The van der Waals surface area contributed by atoms with Gasteiger partial charge in [0.05, 0.1) is 0 Å². The van der Waals surface area contributed by atoms with E-state index in [1.165, 1.54) is 0 Å². The number of anilines is 1. The molecular formula is C11H19N3. The van der Waals surface area contributed by atoms with Crippen molar-refractivity contribution in [3.63, 3.8) is 0 Å².